The third-order valence-electron chi connectivity index (χ3n) is 4.88. The number of rotatable bonds is 7. The second kappa shape index (κ2) is 8.62. The van der Waals surface area contributed by atoms with Crippen molar-refractivity contribution in [1.29, 1.82) is 0 Å². The molecule has 10 heteroatoms. The number of benzene rings is 1. The van der Waals surface area contributed by atoms with Gasteiger partial charge in [-0.1, -0.05) is 11.3 Å². The number of hydrogen-bond donors (Lipinski definition) is 1. The van der Waals surface area contributed by atoms with Gasteiger partial charge in [-0.05, 0) is 18.2 Å². The molecular formula is C20H22N4O5S. The molecule has 2 aromatic heterocycles. The number of carbonyl (C=O) groups is 1. The maximum atomic E-state index is 12.9. The van der Waals surface area contributed by atoms with Crippen LogP contribution in [0, 0.1) is 0 Å². The Morgan fingerprint density at radius 3 is 2.57 bits per heavy atom. The van der Waals surface area contributed by atoms with Crippen LogP contribution in [0.5, 0.6) is 22.4 Å². The monoisotopic (exact) mass is 430 g/mol. The highest BCUT2D eigenvalue weighted by atomic mass is 32.1. The average Bonchev–Trinajstić information content (AvgIpc) is 3.54. The Morgan fingerprint density at radius 2 is 1.93 bits per heavy atom. The lowest BCUT2D eigenvalue weighted by molar-refractivity contribution is 0.0766. The zero-order valence-electron chi connectivity index (χ0n) is 16.9. The van der Waals surface area contributed by atoms with Gasteiger partial charge in [-0.2, -0.15) is 5.10 Å². The number of thiazole rings is 1. The van der Waals surface area contributed by atoms with Gasteiger partial charge in [0.05, 0.1) is 33.6 Å². The van der Waals surface area contributed by atoms with Crippen LogP contribution in [0.3, 0.4) is 0 Å². The first-order valence-corrected chi connectivity index (χ1v) is 10.2. The van der Waals surface area contributed by atoms with Crippen molar-refractivity contribution in [2.24, 2.45) is 0 Å². The van der Waals surface area contributed by atoms with Gasteiger partial charge in [0.1, 0.15) is 11.8 Å². The number of H-pyrrole nitrogens is 1. The topological polar surface area (TPSA) is 98.8 Å². The average molecular weight is 430 g/mol. The van der Waals surface area contributed by atoms with Crippen molar-refractivity contribution < 1.29 is 23.7 Å². The molecule has 0 spiro atoms. The minimum Gasteiger partial charge on any atom is -0.493 e. The Labute approximate surface area is 177 Å². The highest BCUT2D eigenvalue weighted by molar-refractivity contribution is 7.11. The maximum absolute atomic E-state index is 12.9. The lowest BCUT2D eigenvalue weighted by Crippen LogP contribution is -2.31. The van der Waals surface area contributed by atoms with Crippen molar-refractivity contribution in [3.8, 4) is 33.7 Å². The van der Waals surface area contributed by atoms with Crippen LogP contribution in [0.4, 0.5) is 0 Å². The maximum Gasteiger partial charge on any atom is 0.273 e. The summed E-state index contributed by atoms with van der Waals surface area (Å²) in [6.45, 7) is 1.13. The second-order valence-electron chi connectivity index (χ2n) is 6.66. The molecular weight excluding hydrogens is 408 g/mol. The molecule has 1 aliphatic rings. The van der Waals surface area contributed by atoms with Crippen molar-refractivity contribution in [1.82, 2.24) is 20.1 Å². The largest absolute Gasteiger partial charge is 0.493 e. The molecule has 1 aliphatic heterocycles. The zero-order chi connectivity index (χ0) is 21.1. The van der Waals surface area contributed by atoms with Crippen LogP contribution < -0.4 is 18.9 Å². The second-order valence-corrected chi connectivity index (χ2v) is 7.52. The van der Waals surface area contributed by atoms with E-state index in [-0.39, 0.29) is 12.0 Å². The van der Waals surface area contributed by atoms with E-state index in [1.165, 1.54) is 11.3 Å². The van der Waals surface area contributed by atoms with Gasteiger partial charge in [0, 0.05) is 30.1 Å². The predicted molar refractivity (Wildman–Crippen MR) is 111 cm³/mol. The van der Waals surface area contributed by atoms with Crippen molar-refractivity contribution in [3.63, 3.8) is 0 Å². The number of ether oxygens (including phenoxy) is 4. The molecule has 1 saturated heterocycles. The first-order chi connectivity index (χ1) is 14.6. The Kier molecular flexibility index (Phi) is 5.75. The van der Waals surface area contributed by atoms with Gasteiger partial charge in [-0.15, -0.1) is 0 Å². The van der Waals surface area contributed by atoms with Gasteiger partial charge >= 0.3 is 0 Å². The summed E-state index contributed by atoms with van der Waals surface area (Å²) in [5.74, 6) is 1.42. The number of likely N-dealkylation sites (tertiary alicyclic amines) is 1. The summed E-state index contributed by atoms with van der Waals surface area (Å²) >= 11 is 1.44. The number of nitrogens with zero attached hydrogens (tertiary/aromatic N) is 3. The molecule has 1 fully saturated rings. The molecule has 3 aromatic rings. The summed E-state index contributed by atoms with van der Waals surface area (Å²) in [4.78, 5) is 18.8. The van der Waals surface area contributed by atoms with Crippen LogP contribution in [-0.2, 0) is 0 Å². The van der Waals surface area contributed by atoms with Crippen LogP contribution in [0.25, 0.3) is 11.3 Å². The molecule has 30 heavy (non-hydrogen) atoms. The zero-order valence-corrected chi connectivity index (χ0v) is 17.7. The summed E-state index contributed by atoms with van der Waals surface area (Å²) < 4.78 is 22.0. The number of amides is 1. The van der Waals surface area contributed by atoms with Crippen LogP contribution in [0.15, 0.2) is 29.8 Å². The van der Waals surface area contributed by atoms with E-state index in [2.05, 4.69) is 15.2 Å². The number of aromatic nitrogens is 3. The van der Waals surface area contributed by atoms with Gasteiger partial charge in [0.2, 0.25) is 5.75 Å². The van der Waals surface area contributed by atoms with E-state index in [1.54, 1.807) is 50.6 Å². The third kappa shape index (κ3) is 3.90. The van der Waals surface area contributed by atoms with E-state index in [4.69, 9.17) is 18.9 Å². The van der Waals surface area contributed by atoms with Gasteiger partial charge in [0.25, 0.3) is 11.1 Å². The SMILES string of the molecule is COc1cc(-c2cc(C(=O)N3CCC(Oc4nccs4)C3)[nH]n2)cc(OC)c1OC. The Hall–Kier alpha value is -3.27. The summed E-state index contributed by atoms with van der Waals surface area (Å²) in [5, 5.41) is 9.63. The lowest BCUT2D eigenvalue weighted by Gasteiger charge is -2.15. The van der Waals surface area contributed by atoms with Gasteiger partial charge in [0.15, 0.2) is 11.5 Å². The summed E-state index contributed by atoms with van der Waals surface area (Å²) in [6, 6.07) is 5.30. The standard InChI is InChI=1S/C20H22N4O5S/c1-26-16-8-12(9-17(27-2)18(16)28-3)14-10-15(23-22-14)19(25)24-6-4-13(11-24)29-20-21-5-7-30-20/h5,7-10,13H,4,6,11H2,1-3H3,(H,22,23). The number of carbonyl (C=O) groups excluding carboxylic acids is 1. The number of methoxy groups -OCH3 is 3. The van der Waals surface area contributed by atoms with E-state index in [1.807, 2.05) is 5.38 Å². The lowest BCUT2D eigenvalue weighted by atomic mass is 10.1. The van der Waals surface area contributed by atoms with Crippen molar-refractivity contribution in [3.05, 3.63) is 35.5 Å². The third-order valence-corrected chi connectivity index (χ3v) is 5.54. The first kappa shape index (κ1) is 20.0. The number of nitrogens with one attached hydrogen (secondary N) is 1. The molecule has 1 aromatic carbocycles. The minimum atomic E-state index is -0.119. The molecule has 1 amide bonds. The molecule has 1 atom stereocenters. The van der Waals surface area contributed by atoms with E-state index < -0.39 is 0 Å². The van der Waals surface area contributed by atoms with Crippen LogP contribution >= 0.6 is 11.3 Å². The first-order valence-electron chi connectivity index (χ1n) is 9.34. The fourth-order valence-corrected chi connectivity index (χ4v) is 3.95. The number of hydrogen-bond acceptors (Lipinski definition) is 8. The predicted octanol–water partition coefficient (Wildman–Crippen LogP) is 2.85. The Balaban J connectivity index is 1.49. The highest BCUT2D eigenvalue weighted by Gasteiger charge is 2.30. The van der Waals surface area contributed by atoms with Crippen LogP contribution in [0.2, 0.25) is 0 Å². The molecule has 9 nitrogen and oxygen atoms in total. The Morgan fingerprint density at radius 1 is 1.17 bits per heavy atom. The fraction of sp³-hybridized carbons (Fsp3) is 0.350. The molecule has 0 bridgehead atoms. The van der Waals surface area contributed by atoms with Crippen LogP contribution in [-0.4, -0.2) is 66.5 Å². The van der Waals surface area contributed by atoms with E-state index >= 15 is 0 Å². The molecule has 1 N–H and O–H groups in total. The number of aromatic amines is 1. The summed E-state index contributed by atoms with van der Waals surface area (Å²) in [6.07, 6.45) is 2.41. The molecule has 4 rings (SSSR count). The van der Waals surface area contributed by atoms with E-state index in [0.717, 1.165) is 12.0 Å². The molecule has 1 unspecified atom stereocenters. The van der Waals surface area contributed by atoms with Gasteiger partial charge < -0.3 is 23.8 Å². The van der Waals surface area contributed by atoms with Gasteiger partial charge in [-0.3, -0.25) is 9.89 Å². The van der Waals surface area contributed by atoms with E-state index in [0.29, 0.717) is 46.9 Å². The molecule has 3 heterocycles. The summed E-state index contributed by atoms with van der Waals surface area (Å²) in [7, 11) is 4.66. The quantitative estimate of drug-likeness (QED) is 0.615. The summed E-state index contributed by atoms with van der Waals surface area (Å²) in [5.41, 5.74) is 1.76. The Bertz CT molecular complexity index is 995. The van der Waals surface area contributed by atoms with Gasteiger partial charge in [-0.25, -0.2) is 4.98 Å². The molecule has 0 aliphatic carbocycles. The molecule has 0 saturated carbocycles. The van der Waals surface area contributed by atoms with Crippen molar-refractivity contribution >= 4 is 17.2 Å². The smallest absolute Gasteiger partial charge is 0.273 e. The highest BCUT2D eigenvalue weighted by Crippen LogP contribution is 2.40. The van der Waals surface area contributed by atoms with Crippen molar-refractivity contribution in [2.75, 3.05) is 34.4 Å². The molecule has 0 radical (unpaired) electrons. The van der Waals surface area contributed by atoms with Crippen LogP contribution in [0.1, 0.15) is 16.9 Å². The minimum absolute atomic E-state index is 0.0578. The van der Waals surface area contributed by atoms with E-state index in [9.17, 15) is 4.79 Å². The normalized spacial score (nSPS) is 15.8. The fourth-order valence-electron chi connectivity index (χ4n) is 3.40. The van der Waals surface area contributed by atoms with Crippen molar-refractivity contribution in [2.45, 2.75) is 12.5 Å². The molecule has 158 valence electrons.